The summed E-state index contributed by atoms with van der Waals surface area (Å²) in [6, 6.07) is 10.3. The summed E-state index contributed by atoms with van der Waals surface area (Å²) >= 11 is 5.80. The summed E-state index contributed by atoms with van der Waals surface area (Å²) in [7, 11) is 0.657. The van der Waals surface area contributed by atoms with Crippen LogP contribution in [0.2, 0.25) is 5.02 Å². The Morgan fingerprint density at radius 2 is 1.72 bits per heavy atom. The van der Waals surface area contributed by atoms with Gasteiger partial charge in [-0.1, -0.05) is 11.6 Å². The lowest BCUT2D eigenvalue weighted by Crippen LogP contribution is -2.23. The van der Waals surface area contributed by atoms with E-state index < -0.39 is 16.1 Å². The number of methoxy groups -OCH3 is 1. The van der Waals surface area contributed by atoms with Gasteiger partial charge in [0.05, 0.1) is 17.7 Å². The number of anilines is 2. The van der Waals surface area contributed by atoms with Crippen molar-refractivity contribution in [3.05, 3.63) is 47.5 Å². The van der Waals surface area contributed by atoms with Crippen LogP contribution >= 0.6 is 11.6 Å². The second-order valence-electron chi connectivity index (χ2n) is 5.24. The van der Waals surface area contributed by atoms with Crippen molar-refractivity contribution >= 4 is 39.0 Å². The Bertz CT molecular complexity index is 867. The molecule has 0 spiro atoms. The van der Waals surface area contributed by atoms with Gasteiger partial charge in [0.2, 0.25) is 10.0 Å². The molecule has 7 nitrogen and oxygen atoms in total. The summed E-state index contributed by atoms with van der Waals surface area (Å²) in [5.41, 5.74) is 0.773. The lowest BCUT2D eigenvalue weighted by atomic mass is 10.3. The summed E-state index contributed by atoms with van der Waals surface area (Å²) in [5, 5.41) is 5.76. The second kappa shape index (κ2) is 7.73. The Morgan fingerprint density at radius 3 is 2.28 bits per heavy atom. The molecule has 0 unspecified atom stereocenters. The van der Waals surface area contributed by atoms with Crippen LogP contribution in [0.3, 0.4) is 0 Å². The van der Waals surface area contributed by atoms with Gasteiger partial charge in [-0.05, 0) is 42.5 Å². The largest absolute Gasteiger partial charge is 0.495 e. The molecular formula is C16H18ClN3O4S. The number of nitrogens with zero attached hydrogens (tertiary/aromatic N) is 1. The molecule has 0 heterocycles. The number of carbonyl (C=O) groups is 1. The summed E-state index contributed by atoms with van der Waals surface area (Å²) in [4.78, 5) is 12.2. The van der Waals surface area contributed by atoms with Gasteiger partial charge < -0.3 is 15.4 Å². The van der Waals surface area contributed by atoms with Gasteiger partial charge in [0, 0.05) is 24.8 Å². The van der Waals surface area contributed by atoms with E-state index in [2.05, 4.69) is 10.6 Å². The molecular weight excluding hydrogens is 366 g/mol. The zero-order valence-corrected chi connectivity index (χ0v) is 15.5. The third kappa shape index (κ3) is 4.62. The molecule has 0 saturated carbocycles. The molecule has 2 amide bonds. The summed E-state index contributed by atoms with van der Waals surface area (Å²) < 4.78 is 30.7. The zero-order chi connectivity index (χ0) is 18.6. The summed E-state index contributed by atoms with van der Waals surface area (Å²) in [6.07, 6.45) is 0. The van der Waals surface area contributed by atoms with E-state index in [1.165, 1.54) is 39.4 Å². The van der Waals surface area contributed by atoms with E-state index in [4.69, 9.17) is 16.3 Å². The highest BCUT2D eigenvalue weighted by Crippen LogP contribution is 2.28. The van der Waals surface area contributed by atoms with Crippen molar-refractivity contribution in [2.75, 3.05) is 31.8 Å². The smallest absolute Gasteiger partial charge is 0.323 e. The number of rotatable bonds is 5. The molecule has 2 aromatic rings. The maximum atomic E-state index is 12.2. The van der Waals surface area contributed by atoms with Crippen LogP contribution in [0.1, 0.15) is 0 Å². The summed E-state index contributed by atoms with van der Waals surface area (Å²) in [6.45, 7) is 0. The molecule has 0 aromatic heterocycles. The van der Waals surface area contributed by atoms with Gasteiger partial charge in [0.15, 0.2) is 0 Å². The van der Waals surface area contributed by atoms with Gasteiger partial charge in [0.1, 0.15) is 5.75 Å². The molecule has 0 aliphatic carbocycles. The molecule has 2 N–H and O–H groups in total. The number of carbonyl (C=O) groups excluding carboxylic acids is 1. The van der Waals surface area contributed by atoms with E-state index in [0.717, 1.165) is 4.31 Å². The van der Waals surface area contributed by atoms with Crippen molar-refractivity contribution in [1.29, 1.82) is 0 Å². The first-order chi connectivity index (χ1) is 11.7. The van der Waals surface area contributed by atoms with Crippen molar-refractivity contribution in [1.82, 2.24) is 4.31 Å². The minimum absolute atomic E-state index is 0.0418. The Kier molecular flexibility index (Phi) is 5.89. The number of hydrogen-bond donors (Lipinski definition) is 2. The minimum atomic E-state index is -3.63. The van der Waals surface area contributed by atoms with Gasteiger partial charge >= 0.3 is 6.03 Å². The molecule has 0 saturated heterocycles. The Labute approximate surface area is 151 Å². The SMILES string of the molecule is COc1ccc(S(=O)(=O)N(C)C)cc1NC(=O)Nc1ccc(Cl)cc1. The fourth-order valence-corrected chi connectivity index (χ4v) is 3.03. The van der Waals surface area contributed by atoms with E-state index in [1.54, 1.807) is 24.3 Å². The van der Waals surface area contributed by atoms with Crippen molar-refractivity contribution in [3.63, 3.8) is 0 Å². The average molecular weight is 384 g/mol. The number of urea groups is 1. The third-order valence-corrected chi connectivity index (χ3v) is 5.36. The third-order valence-electron chi connectivity index (χ3n) is 3.30. The van der Waals surface area contributed by atoms with Crippen LogP contribution < -0.4 is 15.4 Å². The topological polar surface area (TPSA) is 87.7 Å². The molecule has 134 valence electrons. The number of sulfonamides is 1. The molecule has 0 atom stereocenters. The van der Waals surface area contributed by atoms with Gasteiger partial charge in [-0.3, -0.25) is 0 Å². The molecule has 2 aromatic carbocycles. The highest BCUT2D eigenvalue weighted by atomic mass is 35.5. The number of hydrogen-bond acceptors (Lipinski definition) is 4. The number of halogens is 1. The number of benzene rings is 2. The molecule has 25 heavy (non-hydrogen) atoms. The van der Waals surface area contributed by atoms with Crippen LogP contribution in [0.25, 0.3) is 0 Å². The molecule has 9 heteroatoms. The quantitative estimate of drug-likeness (QED) is 0.829. The molecule has 0 aliphatic rings. The first-order valence-electron chi connectivity index (χ1n) is 7.18. The Morgan fingerprint density at radius 1 is 1.08 bits per heavy atom. The van der Waals surface area contributed by atoms with Gasteiger partial charge in [-0.15, -0.1) is 0 Å². The van der Waals surface area contributed by atoms with Crippen molar-refractivity contribution in [2.45, 2.75) is 4.90 Å². The van der Waals surface area contributed by atoms with Crippen molar-refractivity contribution < 1.29 is 17.9 Å². The maximum absolute atomic E-state index is 12.2. The first-order valence-corrected chi connectivity index (χ1v) is 9.00. The van der Waals surface area contributed by atoms with Crippen molar-refractivity contribution in [3.8, 4) is 5.75 Å². The lowest BCUT2D eigenvalue weighted by molar-refractivity contribution is 0.262. The Hall–Kier alpha value is -2.29. The maximum Gasteiger partial charge on any atom is 0.323 e. The van der Waals surface area contributed by atoms with Crippen LogP contribution in [0, 0.1) is 0 Å². The molecule has 0 bridgehead atoms. The average Bonchev–Trinajstić information content (AvgIpc) is 2.56. The highest BCUT2D eigenvalue weighted by Gasteiger charge is 2.19. The van der Waals surface area contributed by atoms with E-state index in [0.29, 0.717) is 16.5 Å². The standard InChI is InChI=1S/C16H18ClN3O4S/c1-20(2)25(22,23)13-8-9-15(24-3)14(10-13)19-16(21)18-12-6-4-11(17)5-7-12/h4-10H,1-3H3,(H2,18,19,21). The van der Waals surface area contributed by atoms with Crippen molar-refractivity contribution in [2.24, 2.45) is 0 Å². The van der Waals surface area contributed by atoms with E-state index in [1.807, 2.05) is 0 Å². The highest BCUT2D eigenvalue weighted by molar-refractivity contribution is 7.89. The summed E-state index contributed by atoms with van der Waals surface area (Å²) in [5.74, 6) is 0.337. The van der Waals surface area contributed by atoms with Crippen LogP contribution in [-0.2, 0) is 10.0 Å². The van der Waals surface area contributed by atoms with Gasteiger partial charge in [-0.2, -0.15) is 0 Å². The zero-order valence-electron chi connectivity index (χ0n) is 13.9. The van der Waals surface area contributed by atoms with Gasteiger partial charge in [0.25, 0.3) is 0 Å². The van der Waals surface area contributed by atoms with E-state index in [9.17, 15) is 13.2 Å². The normalized spacial score (nSPS) is 11.2. The predicted molar refractivity (Wildman–Crippen MR) is 98.0 cm³/mol. The fraction of sp³-hybridized carbons (Fsp3) is 0.188. The van der Waals surface area contributed by atoms with Crippen LogP contribution in [0.4, 0.5) is 16.2 Å². The monoisotopic (exact) mass is 383 g/mol. The lowest BCUT2D eigenvalue weighted by Gasteiger charge is -2.15. The van der Waals surface area contributed by atoms with E-state index >= 15 is 0 Å². The number of amides is 2. The molecule has 0 radical (unpaired) electrons. The fourth-order valence-electron chi connectivity index (χ4n) is 1.97. The first kappa shape index (κ1) is 19.0. The number of nitrogens with one attached hydrogen (secondary N) is 2. The van der Waals surface area contributed by atoms with Crippen LogP contribution in [0.15, 0.2) is 47.4 Å². The minimum Gasteiger partial charge on any atom is -0.495 e. The van der Waals surface area contributed by atoms with Gasteiger partial charge in [-0.25, -0.2) is 17.5 Å². The van der Waals surface area contributed by atoms with Crippen LogP contribution in [-0.4, -0.2) is 40.0 Å². The molecule has 0 fully saturated rings. The predicted octanol–water partition coefficient (Wildman–Crippen LogP) is 3.24. The second-order valence-corrected chi connectivity index (χ2v) is 7.82. The molecule has 2 rings (SSSR count). The Balaban J connectivity index is 2.25. The van der Waals surface area contributed by atoms with E-state index in [-0.39, 0.29) is 10.6 Å². The molecule has 0 aliphatic heterocycles. The van der Waals surface area contributed by atoms with Crippen LogP contribution in [0.5, 0.6) is 5.75 Å². The number of ether oxygens (including phenoxy) is 1.